The number of fused-ring (bicyclic) bond motifs is 3. The molecule has 2 aromatic rings. The van der Waals surface area contributed by atoms with Gasteiger partial charge in [-0.2, -0.15) is 0 Å². The Morgan fingerprint density at radius 2 is 1.70 bits per heavy atom. The van der Waals surface area contributed by atoms with E-state index >= 15 is 0 Å². The lowest BCUT2D eigenvalue weighted by Gasteiger charge is -2.20. The maximum absolute atomic E-state index is 13.3. The summed E-state index contributed by atoms with van der Waals surface area (Å²) in [6, 6.07) is 9.88. The summed E-state index contributed by atoms with van der Waals surface area (Å²) >= 11 is 0. The molecule has 0 bridgehead atoms. The third kappa shape index (κ3) is 2.43. The summed E-state index contributed by atoms with van der Waals surface area (Å²) in [4.78, 5) is 25.5. The Labute approximate surface area is 158 Å². The van der Waals surface area contributed by atoms with Gasteiger partial charge in [0.05, 0.1) is 0 Å². The number of Topliss-reactive ketones (excluding diaryl/α,β-unsaturated/α-hetero) is 2. The lowest BCUT2D eigenvalue weighted by Crippen LogP contribution is -2.28. The van der Waals surface area contributed by atoms with Crippen molar-refractivity contribution in [1.82, 2.24) is 0 Å². The van der Waals surface area contributed by atoms with Gasteiger partial charge in [-0.1, -0.05) is 18.2 Å². The van der Waals surface area contributed by atoms with Crippen molar-refractivity contribution in [2.75, 3.05) is 7.11 Å². The second kappa shape index (κ2) is 5.85. The zero-order chi connectivity index (χ0) is 18.8. The SMILES string of the molecule is CO[C@H](O)C(=O)c1ccc2c(c1)C[C@@]1(C2)Cc2cc3c(cc2C1=O)CCC3. The summed E-state index contributed by atoms with van der Waals surface area (Å²) in [7, 11) is 1.30. The zero-order valence-electron chi connectivity index (χ0n) is 15.4. The van der Waals surface area contributed by atoms with Crippen LogP contribution in [0.3, 0.4) is 0 Å². The van der Waals surface area contributed by atoms with Gasteiger partial charge < -0.3 is 9.84 Å². The molecule has 5 rings (SSSR count). The standard InChI is InChI=1S/C23H22O4/c1-27-22(26)20(24)15-5-6-16-10-23(11-17(16)8-15)12-18-7-13-3-2-4-14(13)9-19(18)21(23)25/h5-9,22,26H,2-4,10-12H2,1H3/t22-,23-/m0/s1. The van der Waals surface area contributed by atoms with Crippen molar-refractivity contribution in [3.8, 4) is 0 Å². The van der Waals surface area contributed by atoms with Crippen LogP contribution in [-0.2, 0) is 36.8 Å². The van der Waals surface area contributed by atoms with Crippen LogP contribution in [0.25, 0.3) is 0 Å². The van der Waals surface area contributed by atoms with Gasteiger partial charge in [0.15, 0.2) is 5.78 Å². The van der Waals surface area contributed by atoms with E-state index in [9.17, 15) is 14.7 Å². The number of methoxy groups -OCH3 is 1. The fourth-order valence-electron chi connectivity index (χ4n) is 5.21. The van der Waals surface area contributed by atoms with E-state index in [0.717, 1.165) is 42.4 Å². The van der Waals surface area contributed by atoms with Crippen molar-refractivity contribution in [1.29, 1.82) is 0 Å². The van der Waals surface area contributed by atoms with Crippen molar-refractivity contribution in [3.05, 3.63) is 69.3 Å². The van der Waals surface area contributed by atoms with Gasteiger partial charge in [0, 0.05) is 23.7 Å². The molecule has 0 radical (unpaired) electrons. The number of carbonyl (C=O) groups is 2. The van der Waals surface area contributed by atoms with Crippen LogP contribution < -0.4 is 0 Å². The Kier molecular flexibility index (Phi) is 3.65. The molecule has 0 aromatic heterocycles. The Morgan fingerprint density at radius 1 is 1.00 bits per heavy atom. The van der Waals surface area contributed by atoms with E-state index in [1.54, 1.807) is 6.07 Å². The van der Waals surface area contributed by atoms with Gasteiger partial charge in [-0.05, 0) is 78.5 Å². The van der Waals surface area contributed by atoms with E-state index in [0.29, 0.717) is 12.0 Å². The molecule has 4 nitrogen and oxygen atoms in total. The van der Waals surface area contributed by atoms with Crippen LogP contribution in [0.4, 0.5) is 0 Å². The number of aliphatic hydroxyl groups is 1. The number of rotatable bonds is 3. The Hall–Kier alpha value is -2.30. The average molecular weight is 362 g/mol. The van der Waals surface area contributed by atoms with E-state index in [-0.39, 0.29) is 5.78 Å². The fraction of sp³-hybridized carbons (Fsp3) is 0.391. The summed E-state index contributed by atoms with van der Waals surface area (Å²) in [6.07, 6.45) is 4.11. The minimum absolute atomic E-state index is 0.258. The summed E-state index contributed by atoms with van der Waals surface area (Å²) in [5.41, 5.74) is 7.06. The second-order valence-electron chi connectivity index (χ2n) is 8.21. The summed E-state index contributed by atoms with van der Waals surface area (Å²) < 4.78 is 4.73. The third-order valence-corrected chi connectivity index (χ3v) is 6.57. The van der Waals surface area contributed by atoms with Crippen molar-refractivity contribution in [2.24, 2.45) is 5.41 Å². The highest BCUT2D eigenvalue weighted by atomic mass is 16.6. The van der Waals surface area contributed by atoms with Crippen LogP contribution in [0.15, 0.2) is 30.3 Å². The maximum Gasteiger partial charge on any atom is 0.219 e. The number of aryl methyl sites for hydroxylation is 2. The largest absolute Gasteiger partial charge is 0.362 e. The monoisotopic (exact) mass is 362 g/mol. The molecule has 4 heteroatoms. The Bertz CT molecular complexity index is 990. The molecule has 3 aliphatic rings. The lowest BCUT2D eigenvalue weighted by molar-refractivity contribution is -0.0483. The smallest absolute Gasteiger partial charge is 0.219 e. The summed E-state index contributed by atoms with van der Waals surface area (Å²) in [5, 5.41) is 9.65. The topological polar surface area (TPSA) is 63.6 Å². The minimum atomic E-state index is -1.45. The molecule has 0 heterocycles. The van der Waals surface area contributed by atoms with Crippen LogP contribution in [0.5, 0.6) is 0 Å². The molecule has 0 amide bonds. The molecule has 138 valence electrons. The van der Waals surface area contributed by atoms with Gasteiger partial charge in [-0.25, -0.2) is 0 Å². The van der Waals surface area contributed by atoms with Gasteiger partial charge in [0.1, 0.15) is 0 Å². The molecule has 3 aliphatic carbocycles. The molecule has 0 aliphatic heterocycles. The molecule has 0 saturated heterocycles. The van der Waals surface area contributed by atoms with E-state index in [1.165, 1.54) is 30.2 Å². The first-order valence-corrected chi connectivity index (χ1v) is 9.57. The minimum Gasteiger partial charge on any atom is -0.362 e. The normalized spacial score (nSPS) is 23.4. The van der Waals surface area contributed by atoms with Crippen molar-refractivity contribution in [3.63, 3.8) is 0 Å². The third-order valence-electron chi connectivity index (χ3n) is 6.57. The predicted octanol–water partition coefficient (Wildman–Crippen LogP) is 2.85. The van der Waals surface area contributed by atoms with Crippen LogP contribution >= 0.6 is 0 Å². The lowest BCUT2D eigenvalue weighted by atomic mass is 9.81. The van der Waals surface area contributed by atoms with E-state index in [2.05, 4.69) is 12.1 Å². The van der Waals surface area contributed by atoms with E-state index < -0.39 is 17.5 Å². The highest BCUT2D eigenvalue weighted by Crippen LogP contribution is 2.48. The van der Waals surface area contributed by atoms with Crippen LogP contribution in [0, 0.1) is 5.41 Å². The van der Waals surface area contributed by atoms with E-state index in [1.807, 2.05) is 12.1 Å². The Balaban J connectivity index is 1.47. The molecular formula is C23H22O4. The van der Waals surface area contributed by atoms with Gasteiger partial charge in [0.25, 0.3) is 0 Å². The first-order valence-electron chi connectivity index (χ1n) is 9.57. The number of ketones is 2. The van der Waals surface area contributed by atoms with Crippen molar-refractivity contribution < 1.29 is 19.4 Å². The highest BCUT2D eigenvalue weighted by Gasteiger charge is 2.49. The quantitative estimate of drug-likeness (QED) is 0.674. The first kappa shape index (κ1) is 16.8. The maximum atomic E-state index is 13.3. The number of hydrogen-bond donors (Lipinski definition) is 1. The first-order chi connectivity index (χ1) is 13.0. The molecule has 27 heavy (non-hydrogen) atoms. The number of hydrogen-bond acceptors (Lipinski definition) is 4. The molecule has 0 unspecified atom stereocenters. The van der Waals surface area contributed by atoms with Gasteiger partial charge in [0.2, 0.25) is 12.1 Å². The van der Waals surface area contributed by atoms with Crippen molar-refractivity contribution in [2.45, 2.75) is 44.8 Å². The molecule has 1 spiro atoms. The van der Waals surface area contributed by atoms with Gasteiger partial charge >= 0.3 is 0 Å². The summed E-state index contributed by atoms with van der Waals surface area (Å²) in [6.45, 7) is 0. The van der Waals surface area contributed by atoms with Crippen LogP contribution in [0.2, 0.25) is 0 Å². The molecule has 2 atom stereocenters. The second-order valence-corrected chi connectivity index (χ2v) is 8.21. The fourth-order valence-corrected chi connectivity index (χ4v) is 5.21. The molecule has 0 fully saturated rings. The zero-order valence-corrected chi connectivity index (χ0v) is 15.4. The predicted molar refractivity (Wildman–Crippen MR) is 100 cm³/mol. The molecular weight excluding hydrogens is 340 g/mol. The Morgan fingerprint density at radius 3 is 2.48 bits per heavy atom. The van der Waals surface area contributed by atoms with Crippen molar-refractivity contribution >= 4 is 11.6 Å². The van der Waals surface area contributed by atoms with Crippen LogP contribution in [0.1, 0.15) is 55.0 Å². The number of ether oxygens (including phenoxy) is 1. The summed E-state index contributed by atoms with van der Waals surface area (Å²) in [5.74, 6) is -0.188. The van der Waals surface area contributed by atoms with Gasteiger partial charge in [-0.3, -0.25) is 9.59 Å². The highest BCUT2D eigenvalue weighted by molar-refractivity contribution is 6.06. The average Bonchev–Trinajstić information content (AvgIpc) is 3.34. The number of carbonyl (C=O) groups excluding carboxylic acids is 2. The number of aliphatic hydroxyl groups excluding tert-OH is 1. The van der Waals surface area contributed by atoms with Crippen LogP contribution in [-0.4, -0.2) is 30.1 Å². The molecule has 0 saturated carbocycles. The van der Waals surface area contributed by atoms with E-state index in [4.69, 9.17) is 4.74 Å². The van der Waals surface area contributed by atoms with Gasteiger partial charge in [-0.15, -0.1) is 0 Å². The molecule has 2 aromatic carbocycles. The molecule has 1 N–H and O–H groups in total. The number of benzene rings is 2.